The van der Waals surface area contributed by atoms with E-state index in [1.165, 1.54) is 60.5 Å². The summed E-state index contributed by atoms with van der Waals surface area (Å²) in [6, 6.07) is 85.6. The van der Waals surface area contributed by atoms with Crippen molar-refractivity contribution in [2.75, 3.05) is 4.90 Å². The lowest BCUT2D eigenvalue weighted by Crippen LogP contribution is -2.11. The van der Waals surface area contributed by atoms with E-state index in [1.807, 2.05) is 6.07 Å². The van der Waals surface area contributed by atoms with Gasteiger partial charge in [-0.2, -0.15) is 0 Å². The molecule has 11 aromatic carbocycles. The zero-order valence-corrected chi connectivity index (χ0v) is 33.9. The first-order chi connectivity index (χ1) is 30.7. The van der Waals surface area contributed by atoms with E-state index in [0.717, 1.165) is 56.0 Å². The Kier molecular flexibility index (Phi) is 8.53. The first-order valence-corrected chi connectivity index (χ1v) is 21.2. The van der Waals surface area contributed by atoms with E-state index in [1.54, 1.807) is 0 Å². The number of rotatable bonds is 7. The lowest BCUT2D eigenvalue weighted by atomic mass is 9.90. The molecular formula is C60H39NO. The Bertz CT molecular complexity index is 3480. The van der Waals surface area contributed by atoms with Gasteiger partial charge in [0.2, 0.25) is 0 Å². The molecule has 0 unspecified atom stereocenters. The Balaban J connectivity index is 0.994. The summed E-state index contributed by atoms with van der Waals surface area (Å²) in [5, 5.41) is 7.29. The number of hydrogen-bond donors (Lipinski definition) is 0. The van der Waals surface area contributed by atoms with E-state index in [9.17, 15) is 0 Å². The van der Waals surface area contributed by atoms with Gasteiger partial charge in [-0.1, -0.05) is 182 Å². The Hall–Kier alpha value is -8.20. The smallest absolute Gasteiger partial charge is 0.135 e. The van der Waals surface area contributed by atoms with Gasteiger partial charge in [-0.15, -0.1) is 0 Å². The van der Waals surface area contributed by atoms with Crippen molar-refractivity contribution in [3.63, 3.8) is 0 Å². The molecular weight excluding hydrogens is 751 g/mol. The van der Waals surface area contributed by atoms with Crippen molar-refractivity contribution in [1.29, 1.82) is 0 Å². The third-order valence-electron chi connectivity index (χ3n) is 12.4. The molecule has 0 aliphatic carbocycles. The maximum absolute atomic E-state index is 6.42. The molecule has 12 rings (SSSR count). The lowest BCUT2D eigenvalue weighted by molar-refractivity contribution is 0.487. The predicted molar refractivity (Wildman–Crippen MR) is 261 cm³/mol. The number of fused-ring (bicyclic) bond motifs is 4. The number of nitrogens with zero attached hydrogens (tertiary/aromatic N) is 1. The largest absolute Gasteiger partial charge is 0.456 e. The van der Waals surface area contributed by atoms with Gasteiger partial charge in [0.25, 0.3) is 0 Å². The minimum atomic E-state index is 0.883. The van der Waals surface area contributed by atoms with Gasteiger partial charge >= 0.3 is 0 Å². The zero-order valence-electron chi connectivity index (χ0n) is 33.9. The fourth-order valence-electron chi connectivity index (χ4n) is 9.50. The number of ether oxygens (including phenoxy) is 1. The van der Waals surface area contributed by atoms with Crippen LogP contribution in [0.5, 0.6) is 11.5 Å². The molecule has 290 valence electrons. The first kappa shape index (κ1) is 35.7. The molecule has 2 nitrogen and oxygen atoms in total. The molecule has 1 aliphatic rings. The van der Waals surface area contributed by atoms with E-state index in [4.69, 9.17) is 4.74 Å². The van der Waals surface area contributed by atoms with E-state index in [2.05, 4.69) is 235 Å². The minimum Gasteiger partial charge on any atom is -0.456 e. The summed E-state index contributed by atoms with van der Waals surface area (Å²) < 4.78 is 6.42. The van der Waals surface area contributed by atoms with Crippen molar-refractivity contribution < 1.29 is 4.74 Å². The molecule has 0 aromatic heterocycles. The van der Waals surface area contributed by atoms with E-state index < -0.39 is 0 Å². The van der Waals surface area contributed by atoms with Crippen molar-refractivity contribution >= 4 is 49.4 Å². The van der Waals surface area contributed by atoms with Crippen LogP contribution in [0.25, 0.3) is 88.0 Å². The van der Waals surface area contributed by atoms with Crippen LogP contribution in [0.3, 0.4) is 0 Å². The van der Waals surface area contributed by atoms with Crippen LogP contribution in [0.1, 0.15) is 0 Å². The van der Waals surface area contributed by atoms with Crippen LogP contribution in [0.15, 0.2) is 237 Å². The van der Waals surface area contributed by atoms with Crippen LogP contribution in [0.4, 0.5) is 17.1 Å². The van der Waals surface area contributed by atoms with Crippen molar-refractivity contribution in [3.8, 4) is 67.1 Å². The van der Waals surface area contributed by atoms with Gasteiger partial charge < -0.3 is 9.64 Å². The molecule has 0 saturated heterocycles. The summed E-state index contributed by atoms with van der Waals surface area (Å²) in [6.45, 7) is 0. The Morgan fingerprint density at radius 3 is 1.56 bits per heavy atom. The van der Waals surface area contributed by atoms with Gasteiger partial charge in [-0.05, 0) is 126 Å². The summed E-state index contributed by atoms with van der Waals surface area (Å²) in [5.74, 6) is 1.78. The van der Waals surface area contributed by atoms with Gasteiger partial charge in [0.1, 0.15) is 11.5 Å². The molecule has 0 spiro atoms. The maximum atomic E-state index is 6.42. The van der Waals surface area contributed by atoms with Gasteiger partial charge in [-0.25, -0.2) is 0 Å². The topological polar surface area (TPSA) is 12.5 Å². The van der Waals surface area contributed by atoms with E-state index in [-0.39, 0.29) is 0 Å². The number of anilines is 3. The minimum absolute atomic E-state index is 0.883. The number of hydrogen-bond acceptors (Lipinski definition) is 2. The number of para-hydroxylation sites is 2. The molecule has 2 heteroatoms. The summed E-state index contributed by atoms with van der Waals surface area (Å²) in [7, 11) is 0. The monoisotopic (exact) mass is 789 g/mol. The van der Waals surface area contributed by atoms with Crippen LogP contribution < -0.4 is 9.64 Å². The standard InChI is InChI=1S/C60H39NO/c1-3-20-50-42(13-1)15-10-24-52(50)44-31-29-40(30-32-44)41-33-35-48(36-34-41)61(49-19-9-17-45(38-49)53-25-11-16-43-14-2-4-21-51(43)53)57-26-7-5-22-54(57)47-37-46-18-12-28-59-60(46)56(39-47)55-23-6-8-27-58(55)62-59/h1-39H. The quantitative estimate of drug-likeness (QED) is 0.159. The normalized spacial score (nSPS) is 11.7. The third kappa shape index (κ3) is 6.12. The molecule has 0 radical (unpaired) electrons. The molecule has 0 saturated carbocycles. The molecule has 0 fully saturated rings. The number of benzene rings is 11. The predicted octanol–water partition coefficient (Wildman–Crippen LogP) is 17.1. The lowest BCUT2D eigenvalue weighted by Gasteiger charge is -2.29. The van der Waals surface area contributed by atoms with Gasteiger partial charge in [0, 0.05) is 27.9 Å². The maximum Gasteiger partial charge on any atom is 0.135 e. The summed E-state index contributed by atoms with van der Waals surface area (Å²) in [5.41, 5.74) is 15.0. The molecule has 1 aliphatic heterocycles. The first-order valence-electron chi connectivity index (χ1n) is 21.2. The highest BCUT2D eigenvalue weighted by molar-refractivity contribution is 6.07. The molecule has 62 heavy (non-hydrogen) atoms. The highest BCUT2D eigenvalue weighted by atomic mass is 16.5. The summed E-state index contributed by atoms with van der Waals surface area (Å²) >= 11 is 0. The SMILES string of the molecule is c1cc(-c2cccc3ccccc23)cc(N(c2ccc(-c3ccc(-c4cccc5ccccc45)cc3)cc2)c2ccccc2-c2cc3c4c(cccc4c2)Oc2ccccc2-3)c1. The highest BCUT2D eigenvalue weighted by Crippen LogP contribution is 2.50. The van der Waals surface area contributed by atoms with Crippen molar-refractivity contribution in [2.45, 2.75) is 0 Å². The van der Waals surface area contributed by atoms with Crippen LogP contribution in [0.2, 0.25) is 0 Å². The van der Waals surface area contributed by atoms with Gasteiger partial charge in [0.15, 0.2) is 0 Å². The van der Waals surface area contributed by atoms with Crippen molar-refractivity contribution in [2.24, 2.45) is 0 Å². The average molecular weight is 790 g/mol. The van der Waals surface area contributed by atoms with Crippen LogP contribution in [0, 0.1) is 0 Å². The Labute approximate surface area is 361 Å². The molecule has 0 atom stereocenters. The van der Waals surface area contributed by atoms with Gasteiger partial charge in [0.05, 0.1) is 5.69 Å². The molecule has 0 N–H and O–H groups in total. The molecule has 11 aromatic rings. The highest BCUT2D eigenvalue weighted by Gasteiger charge is 2.23. The second kappa shape index (κ2) is 14.8. The van der Waals surface area contributed by atoms with Crippen LogP contribution >= 0.6 is 0 Å². The summed E-state index contributed by atoms with van der Waals surface area (Å²) in [4.78, 5) is 2.42. The molecule has 0 bridgehead atoms. The van der Waals surface area contributed by atoms with E-state index >= 15 is 0 Å². The Morgan fingerprint density at radius 1 is 0.274 bits per heavy atom. The van der Waals surface area contributed by atoms with Crippen LogP contribution in [-0.2, 0) is 0 Å². The Morgan fingerprint density at radius 2 is 0.806 bits per heavy atom. The van der Waals surface area contributed by atoms with E-state index in [0.29, 0.717) is 0 Å². The van der Waals surface area contributed by atoms with Gasteiger partial charge in [-0.3, -0.25) is 0 Å². The zero-order chi connectivity index (χ0) is 41.0. The molecule has 1 heterocycles. The van der Waals surface area contributed by atoms with Crippen molar-refractivity contribution in [3.05, 3.63) is 237 Å². The fraction of sp³-hybridized carbons (Fsp3) is 0. The second-order valence-electron chi connectivity index (χ2n) is 16.1. The second-order valence-corrected chi connectivity index (χ2v) is 16.1. The average Bonchev–Trinajstić information content (AvgIpc) is 3.34. The third-order valence-corrected chi connectivity index (χ3v) is 12.4. The van der Waals surface area contributed by atoms with Crippen molar-refractivity contribution in [1.82, 2.24) is 0 Å². The fourth-order valence-corrected chi connectivity index (χ4v) is 9.50. The summed E-state index contributed by atoms with van der Waals surface area (Å²) in [6.07, 6.45) is 0. The molecule has 0 amide bonds. The van der Waals surface area contributed by atoms with Crippen LogP contribution in [-0.4, -0.2) is 0 Å².